The second-order valence-electron chi connectivity index (χ2n) is 2.33. The van der Waals surface area contributed by atoms with Crippen molar-refractivity contribution in [2.75, 3.05) is 27.0 Å². The predicted molar refractivity (Wildman–Crippen MR) is 40.7 cm³/mol. The zero-order valence-corrected chi connectivity index (χ0v) is 6.76. The monoisotopic (exact) mass is 147 g/mol. The predicted octanol–water partition coefficient (Wildman–Crippen LogP) is 0.198. The lowest BCUT2D eigenvalue weighted by atomic mass is 10.1. The van der Waals surface area contributed by atoms with Gasteiger partial charge in [0.1, 0.15) is 0 Å². The molecular weight excluding hydrogens is 130 g/mol. The summed E-state index contributed by atoms with van der Waals surface area (Å²) in [5.41, 5.74) is 0. The van der Waals surface area contributed by atoms with Gasteiger partial charge in [0.15, 0.2) is 0 Å². The van der Waals surface area contributed by atoms with E-state index in [2.05, 4.69) is 5.32 Å². The maximum Gasteiger partial charge on any atom is 0.0962 e. The topological polar surface area (TPSA) is 41.5 Å². The van der Waals surface area contributed by atoms with Crippen LogP contribution in [0.2, 0.25) is 0 Å². The maximum atomic E-state index is 8.72. The van der Waals surface area contributed by atoms with Gasteiger partial charge in [-0.15, -0.1) is 0 Å². The Labute approximate surface area is 62.4 Å². The van der Waals surface area contributed by atoms with Gasteiger partial charge in [0.2, 0.25) is 0 Å². The third-order valence-electron chi connectivity index (χ3n) is 1.44. The van der Waals surface area contributed by atoms with Crippen LogP contribution in [0.4, 0.5) is 0 Å². The van der Waals surface area contributed by atoms with Crippen LogP contribution in [0, 0.1) is 5.92 Å². The Morgan fingerprint density at radius 3 is 2.70 bits per heavy atom. The highest BCUT2D eigenvalue weighted by molar-refractivity contribution is 4.51. The van der Waals surface area contributed by atoms with Crippen LogP contribution < -0.4 is 5.32 Å². The molecule has 0 radical (unpaired) electrons. The number of nitrogens with one attached hydrogen (secondary N) is 1. The van der Waals surface area contributed by atoms with Crippen molar-refractivity contribution in [2.45, 2.75) is 13.3 Å². The zero-order valence-electron chi connectivity index (χ0n) is 6.76. The fraction of sp³-hybridized carbons (Fsp3) is 1.00. The minimum atomic E-state index is 0.222. The molecule has 0 aliphatic rings. The first kappa shape index (κ1) is 9.88. The molecule has 62 valence electrons. The van der Waals surface area contributed by atoms with Gasteiger partial charge in [-0.1, -0.05) is 6.92 Å². The highest BCUT2D eigenvalue weighted by Gasteiger charge is 2.02. The van der Waals surface area contributed by atoms with Crippen molar-refractivity contribution in [3.8, 4) is 0 Å². The first-order chi connectivity index (χ1) is 4.85. The van der Waals surface area contributed by atoms with Gasteiger partial charge in [-0.3, -0.25) is 5.32 Å². The van der Waals surface area contributed by atoms with Crippen LogP contribution in [0.15, 0.2) is 0 Å². The normalized spacial score (nSPS) is 13.5. The van der Waals surface area contributed by atoms with Crippen molar-refractivity contribution < 1.29 is 9.84 Å². The molecule has 0 bridgehead atoms. The average molecular weight is 147 g/mol. The first-order valence-electron chi connectivity index (χ1n) is 3.68. The lowest BCUT2D eigenvalue weighted by Gasteiger charge is -2.10. The van der Waals surface area contributed by atoms with Gasteiger partial charge < -0.3 is 9.84 Å². The molecule has 3 nitrogen and oxygen atoms in total. The van der Waals surface area contributed by atoms with Crippen molar-refractivity contribution in [1.29, 1.82) is 0 Å². The Morgan fingerprint density at radius 1 is 1.60 bits per heavy atom. The largest absolute Gasteiger partial charge is 0.396 e. The van der Waals surface area contributed by atoms with E-state index >= 15 is 0 Å². The molecule has 3 heteroatoms. The number of aliphatic hydroxyl groups is 1. The number of hydrogen-bond acceptors (Lipinski definition) is 3. The Bertz CT molecular complexity index is 64.6. The van der Waals surface area contributed by atoms with E-state index in [0.29, 0.717) is 19.3 Å². The van der Waals surface area contributed by atoms with Crippen molar-refractivity contribution in [1.82, 2.24) is 5.32 Å². The molecule has 0 aromatic carbocycles. The Morgan fingerprint density at radius 2 is 2.30 bits per heavy atom. The van der Waals surface area contributed by atoms with Gasteiger partial charge in [-0.05, 0) is 13.5 Å². The van der Waals surface area contributed by atoms with E-state index in [-0.39, 0.29) is 6.61 Å². The zero-order chi connectivity index (χ0) is 7.82. The molecule has 1 unspecified atom stereocenters. The molecule has 0 saturated heterocycles. The summed E-state index contributed by atoms with van der Waals surface area (Å²) in [4.78, 5) is 0. The van der Waals surface area contributed by atoms with Crippen LogP contribution in [0.5, 0.6) is 0 Å². The van der Waals surface area contributed by atoms with E-state index in [0.717, 1.165) is 6.42 Å². The average Bonchev–Trinajstić information content (AvgIpc) is 1.99. The van der Waals surface area contributed by atoms with Crippen LogP contribution >= 0.6 is 0 Å². The molecule has 0 aliphatic carbocycles. The third-order valence-corrected chi connectivity index (χ3v) is 1.44. The molecule has 0 spiro atoms. The van der Waals surface area contributed by atoms with Crippen molar-refractivity contribution in [2.24, 2.45) is 5.92 Å². The summed E-state index contributed by atoms with van der Waals surface area (Å²) in [7, 11) is 1.83. The van der Waals surface area contributed by atoms with E-state index in [1.165, 1.54) is 0 Å². The summed E-state index contributed by atoms with van der Waals surface area (Å²) in [6.45, 7) is 3.48. The van der Waals surface area contributed by atoms with Gasteiger partial charge in [-0.25, -0.2) is 0 Å². The lowest BCUT2D eigenvalue weighted by Crippen LogP contribution is -2.18. The highest BCUT2D eigenvalue weighted by atomic mass is 16.5. The van der Waals surface area contributed by atoms with Crippen LogP contribution in [-0.2, 0) is 4.74 Å². The summed E-state index contributed by atoms with van der Waals surface area (Å²) >= 11 is 0. The van der Waals surface area contributed by atoms with Gasteiger partial charge in [0, 0.05) is 12.5 Å². The smallest absolute Gasteiger partial charge is 0.0962 e. The summed E-state index contributed by atoms with van der Waals surface area (Å²) < 4.78 is 5.16. The second kappa shape index (κ2) is 6.99. The van der Waals surface area contributed by atoms with E-state index in [4.69, 9.17) is 9.84 Å². The Kier molecular flexibility index (Phi) is 6.91. The summed E-state index contributed by atoms with van der Waals surface area (Å²) in [6.07, 6.45) is 0.972. The van der Waals surface area contributed by atoms with Crippen molar-refractivity contribution in [3.05, 3.63) is 0 Å². The Balaban J connectivity index is 3.09. The fourth-order valence-electron chi connectivity index (χ4n) is 0.627. The van der Waals surface area contributed by atoms with Gasteiger partial charge in [0.25, 0.3) is 0 Å². The Hall–Kier alpha value is -0.120. The number of rotatable bonds is 6. The molecule has 0 saturated carbocycles. The SMILES string of the molecule is CCC(CO)COCNC. The summed E-state index contributed by atoms with van der Waals surface area (Å²) in [5, 5.41) is 11.6. The second-order valence-corrected chi connectivity index (χ2v) is 2.33. The number of ether oxygens (including phenoxy) is 1. The van der Waals surface area contributed by atoms with Gasteiger partial charge in [0.05, 0.1) is 13.3 Å². The lowest BCUT2D eigenvalue weighted by molar-refractivity contribution is 0.0638. The van der Waals surface area contributed by atoms with Gasteiger partial charge in [-0.2, -0.15) is 0 Å². The van der Waals surface area contributed by atoms with Crippen molar-refractivity contribution in [3.63, 3.8) is 0 Å². The molecule has 0 aliphatic heterocycles. The molecule has 0 heterocycles. The number of hydrogen-bond donors (Lipinski definition) is 2. The van der Waals surface area contributed by atoms with Crippen LogP contribution in [0.1, 0.15) is 13.3 Å². The molecule has 10 heavy (non-hydrogen) atoms. The van der Waals surface area contributed by atoms with E-state index < -0.39 is 0 Å². The van der Waals surface area contributed by atoms with E-state index in [9.17, 15) is 0 Å². The minimum absolute atomic E-state index is 0.222. The maximum absolute atomic E-state index is 8.72. The number of aliphatic hydroxyl groups excluding tert-OH is 1. The third kappa shape index (κ3) is 4.73. The standard InChI is InChI=1S/C7H17NO2/c1-3-7(4-9)5-10-6-8-2/h7-9H,3-6H2,1-2H3. The quantitative estimate of drug-likeness (QED) is 0.416. The molecule has 0 rings (SSSR count). The molecule has 0 aromatic heterocycles. The molecule has 1 atom stereocenters. The molecule has 0 fully saturated rings. The van der Waals surface area contributed by atoms with E-state index in [1.807, 2.05) is 14.0 Å². The molecule has 2 N–H and O–H groups in total. The van der Waals surface area contributed by atoms with Gasteiger partial charge >= 0.3 is 0 Å². The van der Waals surface area contributed by atoms with E-state index in [1.54, 1.807) is 0 Å². The van der Waals surface area contributed by atoms with Crippen molar-refractivity contribution >= 4 is 0 Å². The summed E-state index contributed by atoms with van der Waals surface area (Å²) in [6, 6.07) is 0. The fourth-order valence-corrected chi connectivity index (χ4v) is 0.627. The molecular formula is C7H17NO2. The molecule has 0 aromatic rings. The van der Waals surface area contributed by atoms with Crippen LogP contribution in [-0.4, -0.2) is 32.1 Å². The minimum Gasteiger partial charge on any atom is -0.396 e. The highest BCUT2D eigenvalue weighted by Crippen LogP contribution is 2.00. The first-order valence-corrected chi connectivity index (χ1v) is 3.68. The van der Waals surface area contributed by atoms with Crippen LogP contribution in [0.3, 0.4) is 0 Å². The summed E-state index contributed by atoms with van der Waals surface area (Å²) in [5.74, 6) is 0.299. The molecule has 0 amide bonds. The van der Waals surface area contributed by atoms with Crippen LogP contribution in [0.25, 0.3) is 0 Å².